The first-order valence-electron chi connectivity index (χ1n) is 8.07. The number of aryl methyl sites for hydroxylation is 2. The predicted octanol–water partition coefficient (Wildman–Crippen LogP) is 2.21. The minimum absolute atomic E-state index is 0.00947. The minimum atomic E-state index is -0.186. The highest BCUT2D eigenvalue weighted by atomic mass is 16.5. The Labute approximate surface area is 141 Å². The number of fused-ring (bicyclic) bond motifs is 1. The van der Waals surface area contributed by atoms with Gasteiger partial charge in [0.15, 0.2) is 0 Å². The lowest BCUT2D eigenvalue weighted by atomic mass is 9.95. The molecule has 0 spiro atoms. The predicted molar refractivity (Wildman–Crippen MR) is 88.4 cm³/mol. The quantitative estimate of drug-likeness (QED) is 0.910. The van der Waals surface area contributed by atoms with Gasteiger partial charge in [-0.1, -0.05) is 5.16 Å². The summed E-state index contributed by atoms with van der Waals surface area (Å²) in [6.07, 6.45) is 1.37. The van der Waals surface area contributed by atoms with Crippen LogP contribution in [0.15, 0.2) is 22.7 Å². The molecule has 3 rings (SSSR count). The SMILES string of the molecule is COc1ccc2c(c1)CC(C(=O)NCCc1c(C)noc1C)CO2. The van der Waals surface area contributed by atoms with E-state index in [2.05, 4.69) is 10.5 Å². The lowest BCUT2D eigenvalue weighted by Crippen LogP contribution is -2.38. The lowest BCUT2D eigenvalue weighted by Gasteiger charge is -2.25. The molecule has 0 saturated heterocycles. The van der Waals surface area contributed by atoms with Crippen LogP contribution >= 0.6 is 0 Å². The molecule has 1 aromatic heterocycles. The van der Waals surface area contributed by atoms with Crippen LogP contribution in [0.4, 0.5) is 0 Å². The number of carbonyl (C=O) groups excluding carboxylic acids is 1. The zero-order chi connectivity index (χ0) is 17.1. The molecule has 2 aromatic rings. The third kappa shape index (κ3) is 3.37. The van der Waals surface area contributed by atoms with Crippen LogP contribution < -0.4 is 14.8 Å². The molecule has 6 nitrogen and oxygen atoms in total. The molecule has 24 heavy (non-hydrogen) atoms. The molecule has 128 valence electrons. The van der Waals surface area contributed by atoms with Crippen molar-refractivity contribution in [1.82, 2.24) is 10.5 Å². The molecule has 0 bridgehead atoms. The Morgan fingerprint density at radius 2 is 2.25 bits per heavy atom. The van der Waals surface area contributed by atoms with Gasteiger partial charge >= 0.3 is 0 Å². The summed E-state index contributed by atoms with van der Waals surface area (Å²) in [6.45, 7) is 4.75. The summed E-state index contributed by atoms with van der Waals surface area (Å²) in [5, 5.41) is 6.91. The van der Waals surface area contributed by atoms with Gasteiger partial charge < -0.3 is 19.3 Å². The van der Waals surface area contributed by atoms with E-state index in [4.69, 9.17) is 14.0 Å². The van der Waals surface area contributed by atoms with E-state index in [9.17, 15) is 4.79 Å². The van der Waals surface area contributed by atoms with E-state index in [1.165, 1.54) is 0 Å². The summed E-state index contributed by atoms with van der Waals surface area (Å²) in [5.74, 6) is 2.24. The first-order valence-corrected chi connectivity index (χ1v) is 8.07. The Bertz CT molecular complexity index is 719. The second-order valence-corrected chi connectivity index (χ2v) is 6.03. The van der Waals surface area contributed by atoms with Crippen LogP contribution in [0, 0.1) is 19.8 Å². The lowest BCUT2D eigenvalue weighted by molar-refractivity contribution is -0.126. The topological polar surface area (TPSA) is 73.6 Å². The molecule has 1 unspecified atom stereocenters. The molecule has 0 radical (unpaired) electrons. The van der Waals surface area contributed by atoms with Crippen molar-refractivity contribution in [3.63, 3.8) is 0 Å². The fraction of sp³-hybridized carbons (Fsp3) is 0.444. The molecule has 2 heterocycles. The van der Waals surface area contributed by atoms with Crippen LogP contribution in [0.1, 0.15) is 22.6 Å². The normalized spacial score (nSPS) is 16.2. The number of hydrogen-bond donors (Lipinski definition) is 1. The van der Waals surface area contributed by atoms with Gasteiger partial charge in [0.25, 0.3) is 0 Å². The molecule has 6 heteroatoms. The Hall–Kier alpha value is -2.50. The standard InChI is InChI=1S/C18H22N2O4/c1-11-16(12(2)24-20-11)6-7-19-18(21)14-8-13-9-15(22-3)4-5-17(13)23-10-14/h4-5,9,14H,6-8,10H2,1-3H3,(H,19,21). The van der Waals surface area contributed by atoms with Crippen LogP contribution in [-0.4, -0.2) is 31.3 Å². The summed E-state index contributed by atoms with van der Waals surface area (Å²) in [4.78, 5) is 12.4. The molecule has 0 saturated carbocycles. The number of hydrogen-bond acceptors (Lipinski definition) is 5. The van der Waals surface area contributed by atoms with Crippen LogP contribution in [0.2, 0.25) is 0 Å². The number of ether oxygens (including phenoxy) is 2. The van der Waals surface area contributed by atoms with Crippen molar-refractivity contribution in [2.75, 3.05) is 20.3 Å². The summed E-state index contributed by atoms with van der Waals surface area (Å²) in [5.41, 5.74) is 2.94. The highest BCUT2D eigenvalue weighted by molar-refractivity contribution is 5.79. The highest BCUT2D eigenvalue weighted by Gasteiger charge is 2.26. The average molecular weight is 330 g/mol. The van der Waals surface area contributed by atoms with E-state index < -0.39 is 0 Å². The zero-order valence-electron chi connectivity index (χ0n) is 14.2. The Balaban J connectivity index is 1.56. The third-order valence-corrected chi connectivity index (χ3v) is 4.40. The van der Waals surface area contributed by atoms with Gasteiger partial charge in [0.2, 0.25) is 5.91 Å². The van der Waals surface area contributed by atoms with Gasteiger partial charge in [-0.05, 0) is 50.5 Å². The van der Waals surface area contributed by atoms with Crippen LogP contribution in [-0.2, 0) is 17.6 Å². The monoisotopic (exact) mass is 330 g/mol. The van der Waals surface area contributed by atoms with Crippen LogP contribution in [0.25, 0.3) is 0 Å². The molecule has 1 aliphatic rings. The maximum absolute atomic E-state index is 12.4. The molecule has 1 atom stereocenters. The van der Waals surface area contributed by atoms with Crippen molar-refractivity contribution in [3.8, 4) is 11.5 Å². The molecule has 1 aliphatic heterocycles. The fourth-order valence-electron chi connectivity index (χ4n) is 2.98. The van der Waals surface area contributed by atoms with E-state index in [1.807, 2.05) is 32.0 Å². The maximum Gasteiger partial charge on any atom is 0.226 e. The Morgan fingerprint density at radius 3 is 2.96 bits per heavy atom. The molecular formula is C18H22N2O4. The summed E-state index contributed by atoms with van der Waals surface area (Å²) in [6, 6.07) is 5.68. The number of aromatic nitrogens is 1. The van der Waals surface area contributed by atoms with Crippen molar-refractivity contribution in [3.05, 3.63) is 40.8 Å². The first kappa shape index (κ1) is 16.4. The number of nitrogens with zero attached hydrogens (tertiary/aromatic N) is 1. The van der Waals surface area contributed by atoms with Crippen molar-refractivity contribution in [2.24, 2.45) is 5.92 Å². The maximum atomic E-state index is 12.4. The summed E-state index contributed by atoms with van der Waals surface area (Å²) < 4.78 is 16.1. The first-order chi connectivity index (χ1) is 11.6. The van der Waals surface area contributed by atoms with Gasteiger partial charge in [0.1, 0.15) is 23.9 Å². The Morgan fingerprint density at radius 1 is 1.42 bits per heavy atom. The smallest absolute Gasteiger partial charge is 0.226 e. The number of amides is 1. The van der Waals surface area contributed by atoms with Gasteiger partial charge in [-0.15, -0.1) is 0 Å². The van der Waals surface area contributed by atoms with E-state index >= 15 is 0 Å². The number of rotatable bonds is 5. The van der Waals surface area contributed by atoms with E-state index in [1.54, 1.807) is 7.11 Å². The summed E-state index contributed by atoms with van der Waals surface area (Å²) >= 11 is 0. The average Bonchev–Trinajstić information content (AvgIpc) is 2.92. The van der Waals surface area contributed by atoms with E-state index in [-0.39, 0.29) is 11.8 Å². The van der Waals surface area contributed by atoms with Crippen molar-refractivity contribution in [2.45, 2.75) is 26.7 Å². The fourth-order valence-corrected chi connectivity index (χ4v) is 2.98. The molecule has 0 fully saturated rings. The third-order valence-electron chi connectivity index (χ3n) is 4.40. The molecule has 1 N–H and O–H groups in total. The Kier molecular flexibility index (Phi) is 4.74. The number of methoxy groups -OCH3 is 1. The van der Waals surface area contributed by atoms with E-state index in [0.29, 0.717) is 26.0 Å². The molecule has 0 aliphatic carbocycles. The van der Waals surface area contributed by atoms with Crippen molar-refractivity contribution >= 4 is 5.91 Å². The number of carbonyl (C=O) groups is 1. The van der Waals surface area contributed by atoms with Crippen LogP contribution in [0.3, 0.4) is 0 Å². The highest BCUT2D eigenvalue weighted by Crippen LogP contribution is 2.30. The zero-order valence-corrected chi connectivity index (χ0v) is 14.2. The van der Waals surface area contributed by atoms with Gasteiger partial charge in [-0.3, -0.25) is 4.79 Å². The molecular weight excluding hydrogens is 308 g/mol. The van der Waals surface area contributed by atoms with Gasteiger partial charge in [-0.2, -0.15) is 0 Å². The van der Waals surface area contributed by atoms with Gasteiger partial charge in [0, 0.05) is 12.1 Å². The second-order valence-electron chi connectivity index (χ2n) is 6.03. The summed E-state index contributed by atoms with van der Waals surface area (Å²) in [7, 11) is 1.63. The number of benzene rings is 1. The van der Waals surface area contributed by atoms with Crippen molar-refractivity contribution < 1.29 is 18.8 Å². The number of nitrogens with one attached hydrogen (secondary N) is 1. The van der Waals surface area contributed by atoms with E-state index in [0.717, 1.165) is 34.1 Å². The van der Waals surface area contributed by atoms with Gasteiger partial charge in [-0.25, -0.2) is 0 Å². The second kappa shape index (κ2) is 6.95. The largest absolute Gasteiger partial charge is 0.497 e. The van der Waals surface area contributed by atoms with Crippen molar-refractivity contribution in [1.29, 1.82) is 0 Å². The van der Waals surface area contributed by atoms with Gasteiger partial charge in [0.05, 0.1) is 18.7 Å². The molecule has 1 amide bonds. The van der Waals surface area contributed by atoms with Crippen LogP contribution in [0.5, 0.6) is 11.5 Å². The molecule has 1 aromatic carbocycles. The minimum Gasteiger partial charge on any atom is -0.497 e.